The van der Waals surface area contributed by atoms with E-state index in [1.807, 2.05) is 19.9 Å². The number of carboxylic acids is 1. The van der Waals surface area contributed by atoms with E-state index in [0.717, 1.165) is 5.56 Å². The molecule has 172 valence electrons. The number of benzene rings is 1. The minimum absolute atomic E-state index is 0.0554. The third-order valence-corrected chi connectivity index (χ3v) is 4.81. The highest BCUT2D eigenvalue weighted by atomic mass is 16.6. The molecule has 9 heteroatoms. The molecule has 0 aliphatic heterocycles. The fourth-order valence-corrected chi connectivity index (χ4v) is 3.25. The normalized spacial score (nSPS) is 14.4. The zero-order chi connectivity index (χ0) is 23.8. The number of hydrogen-bond donors (Lipinski definition) is 3. The van der Waals surface area contributed by atoms with Gasteiger partial charge in [0.1, 0.15) is 18.0 Å². The van der Waals surface area contributed by atoms with Crippen molar-refractivity contribution in [3.63, 3.8) is 0 Å². The standard InChI is InChI=1S/C22H33N3O6/c1-14(2)11-16(13-25(30)31)19(26)24-18(22(3,4)5)20(27)23-17(21(28)29)12-15-9-7-6-8-10-15/h6-10,14,16-18H,11-13H2,1-5H3,(H,23,27)(H,24,26)(H,28,29)/t16-,17+,18-/m1/s1. The number of carbonyl (C=O) groups excluding carboxylic acids is 2. The molecule has 1 rings (SSSR count). The van der Waals surface area contributed by atoms with Crippen molar-refractivity contribution in [2.75, 3.05) is 6.54 Å². The quantitative estimate of drug-likeness (QED) is 0.360. The van der Waals surface area contributed by atoms with Crippen molar-refractivity contribution in [3.8, 4) is 0 Å². The zero-order valence-electron chi connectivity index (χ0n) is 18.8. The third kappa shape index (κ3) is 9.15. The highest BCUT2D eigenvalue weighted by Crippen LogP contribution is 2.21. The van der Waals surface area contributed by atoms with Crippen LogP contribution in [0.3, 0.4) is 0 Å². The summed E-state index contributed by atoms with van der Waals surface area (Å²) in [6, 6.07) is 6.65. The first-order chi connectivity index (χ1) is 14.3. The predicted molar refractivity (Wildman–Crippen MR) is 116 cm³/mol. The van der Waals surface area contributed by atoms with Crippen LogP contribution >= 0.6 is 0 Å². The average Bonchev–Trinajstić information content (AvgIpc) is 2.63. The highest BCUT2D eigenvalue weighted by Gasteiger charge is 2.37. The number of nitro groups is 1. The smallest absolute Gasteiger partial charge is 0.326 e. The molecular weight excluding hydrogens is 402 g/mol. The Kier molecular flexibility index (Phi) is 9.61. The first kappa shape index (κ1) is 26.1. The maximum absolute atomic E-state index is 13.0. The van der Waals surface area contributed by atoms with Gasteiger partial charge in [-0.25, -0.2) is 4.79 Å². The van der Waals surface area contributed by atoms with Crippen molar-refractivity contribution in [1.82, 2.24) is 10.6 Å². The second-order valence-electron chi connectivity index (χ2n) is 9.24. The van der Waals surface area contributed by atoms with Gasteiger partial charge in [-0.05, 0) is 23.3 Å². The molecule has 0 saturated carbocycles. The second kappa shape index (κ2) is 11.4. The van der Waals surface area contributed by atoms with E-state index >= 15 is 0 Å². The van der Waals surface area contributed by atoms with Gasteiger partial charge in [-0.15, -0.1) is 0 Å². The zero-order valence-corrected chi connectivity index (χ0v) is 18.8. The summed E-state index contributed by atoms with van der Waals surface area (Å²) in [7, 11) is 0. The Labute approximate surface area is 182 Å². The molecule has 1 aromatic carbocycles. The summed E-state index contributed by atoms with van der Waals surface area (Å²) in [5.74, 6) is -3.25. The molecule has 0 spiro atoms. The molecule has 1 aromatic rings. The number of carbonyl (C=O) groups is 3. The number of nitrogens with zero attached hydrogens (tertiary/aromatic N) is 1. The average molecular weight is 436 g/mol. The minimum Gasteiger partial charge on any atom is -0.480 e. The van der Waals surface area contributed by atoms with E-state index in [1.165, 1.54) is 0 Å². The molecule has 2 amide bonds. The second-order valence-corrected chi connectivity index (χ2v) is 9.24. The molecule has 3 N–H and O–H groups in total. The molecule has 31 heavy (non-hydrogen) atoms. The topological polar surface area (TPSA) is 139 Å². The fourth-order valence-electron chi connectivity index (χ4n) is 3.25. The molecule has 3 atom stereocenters. The molecule has 0 aliphatic carbocycles. The van der Waals surface area contributed by atoms with Gasteiger partial charge in [-0.1, -0.05) is 65.0 Å². The first-order valence-corrected chi connectivity index (χ1v) is 10.3. The number of carboxylic acid groups (broad SMARTS) is 1. The van der Waals surface area contributed by atoms with Crippen LogP contribution in [-0.4, -0.2) is 46.4 Å². The van der Waals surface area contributed by atoms with E-state index in [1.54, 1.807) is 45.0 Å². The number of nitrogens with one attached hydrogen (secondary N) is 2. The van der Waals surface area contributed by atoms with Gasteiger partial charge in [0.25, 0.3) is 0 Å². The van der Waals surface area contributed by atoms with E-state index in [0.29, 0.717) is 6.42 Å². The predicted octanol–water partition coefficient (Wildman–Crippen LogP) is 2.27. The molecular formula is C22H33N3O6. The number of aliphatic carboxylic acids is 1. The number of rotatable bonds is 11. The number of amides is 2. The van der Waals surface area contributed by atoms with Gasteiger partial charge in [0.2, 0.25) is 18.4 Å². The molecule has 0 radical (unpaired) electrons. The SMILES string of the molecule is CC(C)C[C@H](C[N+](=O)[O-])C(=O)N[C@H](C(=O)N[C@@H](Cc1ccccc1)C(=O)O)C(C)(C)C. The lowest BCUT2D eigenvalue weighted by molar-refractivity contribution is -0.486. The first-order valence-electron chi connectivity index (χ1n) is 10.3. The Morgan fingerprint density at radius 3 is 2.10 bits per heavy atom. The van der Waals surface area contributed by atoms with Gasteiger partial charge in [-0.2, -0.15) is 0 Å². The Morgan fingerprint density at radius 1 is 1.06 bits per heavy atom. The van der Waals surface area contributed by atoms with E-state index in [4.69, 9.17) is 0 Å². The highest BCUT2D eigenvalue weighted by molar-refractivity contribution is 5.91. The van der Waals surface area contributed by atoms with E-state index < -0.39 is 52.7 Å². The monoisotopic (exact) mass is 435 g/mol. The summed E-state index contributed by atoms with van der Waals surface area (Å²) in [5, 5.41) is 25.7. The summed E-state index contributed by atoms with van der Waals surface area (Å²) < 4.78 is 0. The lowest BCUT2D eigenvalue weighted by Crippen LogP contribution is -2.58. The van der Waals surface area contributed by atoms with Gasteiger partial charge < -0.3 is 15.7 Å². The van der Waals surface area contributed by atoms with Gasteiger partial charge in [0, 0.05) is 11.3 Å². The lowest BCUT2D eigenvalue weighted by Gasteiger charge is -2.32. The molecule has 0 saturated heterocycles. The van der Waals surface area contributed by atoms with Crippen molar-refractivity contribution < 1.29 is 24.4 Å². The Hall–Kier alpha value is -2.97. The molecule has 0 aromatic heterocycles. The van der Waals surface area contributed by atoms with Crippen molar-refractivity contribution in [1.29, 1.82) is 0 Å². The van der Waals surface area contributed by atoms with Crippen LogP contribution in [0.15, 0.2) is 30.3 Å². The molecule has 0 unspecified atom stereocenters. The molecule has 0 fully saturated rings. The van der Waals surface area contributed by atoms with Crippen LogP contribution in [0.2, 0.25) is 0 Å². The molecule has 9 nitrogen and oxygen atoms in total. The largest absolute Gasteiger partial charge is 0.480 e. The van der Waals surface area contributed by atoms with Crippen LogP contribution in [0.1, 0.15) is 46.6 Å². The van der Waals surface area contributed by atoms with Crippen molar-refractivity contribution in [2.24, 2.45) is 17.3 Å². The van der Waals surface area contributed by atoms with Gasteiger partial charge in [0.05, 0.1) is 0 Å². The van der Waals surface area contributed by atoms with Gasteiger partial charge >= 0.3 is 5.97 Å². The molecule has 0 aliphatic rings. The summed E-state index contributed by atoms with van der Waals surface area (Å²) >= 11 is 0. The van der Waals surface area contributed by atoms with Crippen molar-refractivity contribution in [3.05, 3.63) is 46.0 Å². The maximum atomic E-state index is 13.0. The minimum atomic E-state index is -1.19. The van der Waals surface area contributed by atoms with E-state index in [2.05, 4.69) is 10.6 Å². The van der Waals surface area contributed by atoms with E-state index in [-0.39, 0.29) is 12.3 Å². The van der Waals surface area contributed by atoms with Gasteiger partial charge in [0.15, 0.2) is 0 Å². The van der Waals surface area contributed by atoms with Crippen LogP contribution < -0.4 is 10.6 Å². The van der Waals surface area contributed by atoms with Crippen LogP contribution in [-0.2, 0) is 20.8 Å². The lowest BCUT2D eigenvalue weighted by atomic mass is 9.85. The van der Waals surface area contributed by atoms with Crippen LogP contribution in [0.25, 0.3) is 0 Å². The maximum Gasteiger partial charge on any atom is 0.326 e. The summed E-state index contributed by atoms with van der Waals surface area (Å²) in [4.78, 5) is 47.9. The molecule has 0 heterocycles. The summed E-state index contributed by atoms with van der Waals surface area (Å²) in [5.41, 5.74) is 0.00142. The van der Waals surface area contributed by atoms with Crippen LogP contribution in [0.4, 0.5) is 0 Å². The molecule has 0 bridgehead atoms. The Bertz CT molecular complexity index is 773. The number of hydrogen-bond acceptors (Lipinski definition) is 5. The van der Waals surface area contributed by atoms with Crippen molar-refractivity contribution >= 4 is 17.8 Å². The third-order valence-electron chi connectivity index (χ3n) is 4.81. The summed E-state index contributed by atoms with van der Waals surface area (Å²) in [6.07, 6.45) is 0.390. The van der Waals surface area contributed by atoms with Crippen molar-refractivity contribution in [2.45, 2.75) is 59.5 Å². The van der Waals surface area contributed by atoms with E-state index in [9.17, 15) is 29.6 Å². The van der Waals surface area contributed by atoms with Crippen LogP contribution in [0, 0.1) is 27.4 Å². The van der Waals surface area contributed by atoms with Gasteiger partial charge in [-0.3, -0.25) is 19.7 Å². The Morgan fingerprint density at radius 2 is 1.65 bits per heavy atom. The summed E-state index contributed by atoms with van der Waals surface area (Å²) in [6.45, 7) is 8.37. The Balaban J connectivity index is 3.00. The van der Waals surface area contributed by atoms with Crippen LogP contribution in [0.5, 0.6) is 0 Å². The fraction of sp³-hybridized carbons (Fsp3) is 0.591.